The maximum Gasteiger partial charge on any atom is 0.262 e. The molecule has 2 heterocycles. The normalized spacial score (nSPS) is 16.8. The summed E-state index contributed by atoms with van der Waals surface area (Å²) in [7, 11) is 0. The Morgan fingerprint density at radius 1 is 1.10 bits per heavy atom. The number of rotatable bonds is 7. The first-order chi connectivity index (χ1) is 15.0. The van der Waals surface area contributed by atoms with E-state index >= 15 is 0 Å². The highest BCUT2D eigenvalue weighted by Crippen LogP contribution is 2.40. The number of hydrogen-bond donors (Lipinski definition) is 2. The van der Waals surface area contributed by atoms with Crippen molar-refractivity contribution in [1.82, 2.24) is 20.6 Å². The molecule has 3 aromatic rings. The lowest BCUT2D eigenvalue weighted by atomic mass is 10.0. The fourth-order valence-electron chi connectivity index (χ4n) is 3.91. The molecule has 7 heteroatoms. The molecule has 1 atom stereocenters. The zero-order valence-electron chi connectivity index (χ0n) is 17.8. The van der Waals surface area contributed by atoms with Crippen molar-refractivity contribution in [2.75, 3.05) is 0 Å². The monoisotopic (exact) mass is 434 g/mol. The van der Waals surface area contributed by atoms with Crippen molar-refractivity contribution in [3.05, 3.63) is 57.9 Å². The van der Waals surface area contributed by atoms with Gasteiger partial charge in [0, 0.05) is 23.8 Å². The predicted molar refractivity (Wildman–Crippen MR) is 121 cm³/mol. The highest BCUT2D eigenvalue weighted by atomic mass is 32.1. The molecular formula is C24H26N4O2S. The van der Waals surface area contributed by atoms with Crippen molar-refractivity contribution in [1.29, 1.82) is 0 Å². The van der Waals surface area contributed by atoms with E-state index in [4.69, 9.17) is 4.98 Å². The molecule has 160 valence electrons. The van der Waals surface area contributed by atoms with Gasteiger partial charge in [-0.3, -0.25) is 9.59 Å². The van der Waals surface area contributed by atoms with E-state index < -0.39 is 6.04 Å². The number of carbonyl (C=O) groups is 2. The van der Waals surface area contributed by atoms with Crippen molar-refractivity contribution < 1.29 is 9.59 Å². The summed E-state index contributed by atoms with van der Waals surface area (Å²) in [5, 5.41) is 6.99. The summed E-state index contributed by atoms with van der Waals surface area (Å²) in [4.78, 5) is 37.0. The molecule has 0 spiro atoms. The topological polar surface area (TPSA) is 84.0 Å². The van der Waals surface area contributed by atoms with Gasteiger partial charge in [0.25, 0.3) is 5.91 Å². The van der Waals surface area contributed by atoms with Gasteiger partial charge in [-0.2, -0.15) is 0 Å². The number of benzene rings is 1. The zero-order valence-corrected chi connectivity index (χ0v) is 18.6. The molecule has 2 aliphatic carbocycles. The van der Waals surface area contributed by atoms with Gasteiger partial charge in [0.2, 0.25) is 5.91 Å². The van der Waals surface area contributed by atoms with Gasteiger partial charge in [-0.15, -0.1) is 11.3 Å². The first kappa shape index (κ1) is 20.1. The minimum Gasteiger partial charge on any atom is -0.352 e. The second-order valence-electron chi connectivity index (χ2n) is 8.68. The second kappa shape index (κ2) is 8.04. The Morgan fingerprint density at radius 2 is 1.84 bits per heavy atom. The Kier molecular flexibility index (Phi) is 5.22. The average molecular weight is 435 g/mol. The van der Waals surface area contributed by atoms with E-state index in [1.807, 2.05) is 44.2 Å². The van der Waals surface area contributed by atoms with Crippen LogP contribution in [0.15, 0.2) is 30.3 Å². The molecule has 2 aliphatic rings. The lowest BCUT2D eigenvalue weighted by Gasteiger charge is -2.18. The third-order valence-corrected chi connectivity index (χ3v) is 7.15. The van der Waals surface area contributed by atoms with Gasteiger partial charge in [-0.25, -0.2) is 9.97 Å². The molecule has 2 fully saturated rings. The molecule has 6 nitrogen and oxygen atoms in total. The maximum absolute atomic E-state index is 13.3. The standard InChI is InChI=1S/C24H26N4O2S/c1-13-19-14(2)25-21(16-8-9-16)28-24(19)31-20(13)23(30)27-18(22(29)26-17-10-11-17)12-15-6-4-3-5-7-15/h3-7,16-18H,8-12H2,1-2H3,(H,26,29)(H,27,30). The van der Waals surface area contributed by atoms with Gasteiger partial charge in [0.1, 0.15) is 16.7 Å². The van der Waals surface area contributed by atoms with E-state index in [0.717, 1.165) is 58.5 Å². The highest BCUT2D eigenvalue weighted by Gasteiger charge is 2.31. The first-order valence-electron chi connectivity index (χ1n) is 10.9. The molecule has 0 bridgehead atoms. The van der Waals surface area contributed by atoms with Crippen molar-refractivity contribution in [3.63, 3.8) is 0 Å². The summed E-state index contributed by atoms with van der Waals surface area (Å²) in [6, 6.07) is 9.42. The van der Waals surface area contributed by atoms with E-state index in [0.29, 0.717) is 17.2 Å². The van der Waals surface area contributed by atoms with Crippen LogP contribution in [0.5, 0.6) is 0 Å². The van der Waals surface area contributed by atoms with Gasteiger partial charge >= 0.3 is 0 Å². The number of nitrogens with zero attached hydrogens (tertiary/aromatic N) is 2. The molecule has 2 aromatic heterocycles. The van der Waals surface area contributed by atoms with Crippen LogP contribution in [0.3, 0.4) is 0 Å². The van der Waals surface area contributed by atoms with E-state index in [-0.39, 0.29) is 17.9 Å². The summed E-state index contributed by atoms with van der Waals surface area (Å²) >= 11 is 1.40. The summed E-state index contributed by atoms with van der Waals surface area (Å²) in [5.74, 6) is 1.01. The predicted octanol–water partition coefficient (Wildman–Crippen LogP) is 3.81. The lowest BCUT2D eigenvalue weighted by Crippen LogP contribution is -2.48. The first-order valence-corrected chi connectivity index (χ1v) is 11.7. The number of thiophene rings is 1. The summed E-state index contributed by atoms with van der Waals surface area (Å²) in [6.07, 6.45) is 4.75. The molecule has 0 saturated heterocycles. The molecular weight excluding hydrogens is 408 g/mol. The van der Waals surface area contributed by atoms with Gasteiger partial charge in [0.05, 0.1) is 10.6 Å². The van der Waals surface area contributed by atoms with Gasteiger partial charge in [0.15, 0.2) is 0 Å². The van der Waals surface area contributed by atoms with E-state index in [1.54, 1.807) is 0 Å². The summed E-state index contributed by atoms with van der Waals surface area (Å²) < 4.78 is 0. The van der Waals surface area contributed by atoms with Crippen LogP contribution in [0.2, 0.25) is 0 Å². The van der Waals surface area contributed by atoms with Crippen LogP contribution in [-0.4, -0.2) is 33.9 Å². The third kappa shape index (κ3) is 4.32. The maximum atomic E-state index is 13.3. The van der Waals surface area contributed by atoms with Crippen LogP contribution < -0.4 is 10.6 Å². The molecule has 31 heavy (non-hydrogen) atoms. The van der Waals surface area contributed by atoms with Crippen LogP contribution >= 0.6 is 11.3 Å². The number of fused-ring (bicyclic) bond motifs is 1. The number of aromatic nitrogens is 2. The van der Waals surface area contributed by atoms with E-state index in [2.05, 4.69) is 15.6 Å². The Labute approximate surface area is 185 Å². The quantitative estimate of drug-likeness (QED) is 0.592. The van der Waals surface area contributed by atoms with Crippen molar-refractivity contribution in [2.24, 2.45) is 0 Å². The van der Waals surface area contributed by atoms with Crippen LogP contribution in [0.1, 0.15) is 63.9 Å². The molecule has 2 N–H and O–H groups in total. The Balaban J connectivity index is 1.41. The number of aryl methyl sites for hydroxylation is 2. The van der Waals surface area contributed by atoms with Gasteiger partial charge in [-0.05, 0) is 50.7 Å². The Morgan fingerprint density at radius 3 is 2.52 bits per heavy atom. The summed E-state index contributed by atoms with van der Waals surface area (Å²) in [6.45, 7) is 3.93. The fraction of sp³-hybridized carbons (Fsp3) is 0.417. The molecule has 1 aromatic carbocycles. The number of carbonyl (C=O) groups excluding carboxylic acids is 2. The number of nitrogens with one attached hydrogen (secondary N) is 2. The van der Waals surface area contributed by atoms with Crippen LogP contribution in [0, 0.1) is 13.8 Å². The van der Waals surface area contributed by atoms with Gasteiger partial charge in [-0.1, -0.05) is 30.3 Å². The minimum absolute atomic E-state index is 0.120. The Hall–Kier alpha value is -2.80. The smallest absolute Gasteiger partial charge is 0.262 e. The number of hydrogen-bond acceptors (Lipinski definition) is 5. The molecule has 1 unspecified atom stereocenters. The van der Waals surface area contributed by atoms with Crippen LogP contribution in [0.4, 0.5) is 0 Å². The van der Waals surface area contributed by atoms with Crippen molar-refractivity contribution in [3.8, 4) is 0 Å². The van der Waals surface area contributed by atoms with Crippen molar-refractivity contribution in [2.45, 2.75) is 64.0 Å². The van der Waals surface area contributed by atoms with Crippen LogP contribution in [0.25, 0.3) is 10.2 Å². The highest BCUT2D eigenvalue weighted by molar-refractivity contribution is 7.20. The molecule has 2 saturated carbocycles. The van der Waals surface area contributed by atoms with Crippen LogP contribution in [-0.2, 0) is 11.2 Å². The molecule has 5 rings (SSSR count). The largest absolute Gasteiger partial charge is 0.352 e. The molecule has 2 amide bonds. The number of amides is 2. The third-order valence-electron chi connectivity index (χ3n) is 5.97. The van der Waals surface area contributed by atoms with E-state index in [9.17, 15) is 9.59 Å². The molecule has 0 aliphatic heterocycles. The second-order valence-corrected chi connectivity index (χ2v) is 9.68. The Bertz CT molecular complexity index is 1150. The van der Waals surface area contributed by atoms with Crippen molar-refractivity contribution >= 4 is 33.4 Å². The van der Waals surface area contributed by atoms with E-state index in [1.165, 1.54) is 11.3 Å². The van der Waals surface area contributed by atoms with Gasteiger partial charge < -0.3 is 10.6 Å². The SMILES string of the molecule is Cc1nc(C2CC2)nc2sc(C(=O)NC(Cc3ccccc3)C(=O)NC3CC3)c(C)c12. The summed E-state index contributed by atoms with van der Waals surface area (Å²) in [5.41, 5.74) is 2.83. The zero-order chi connectivity index (χ0) is 21.5. The average Bonchev–Trinajstić information content (AvgIpc) is 3.67. The molecule has 0 radical (unpaired) electrons. The minimum atomic E-state index is -0.616. The fourth-order valence-corrected chi connectivity index (χ4v) is 5.06. The lowest BCUT2D eigenvalue weighted by molar-refractivity contribution is -0.123.